The number of rotatable bonds is 65. The van der Waals surface area contributed by atoms with Gasteiger partial charge >= 0.3 is 5.97 Å². The van der Waals surface area contributed by atoms with Gasteiger partial charge in [0.15, 0.2) is 11.4 Å². The van der Waals surface area contributed by atoms with E-state index in [1.165, 1.54) is 46.1 Å². The molecule has 14 atom stereocenters. The molecule has 0 aromatic rings. The Morgan fingerprint density at radius 1 is 0.603 bits per heavy atom. The fraction of sp³-hybridized carbons (Fsp3) is 0.829. The molecule has 6 aliphatic carbocycles. The van der Waals surface area contributed by atoms with Crippen LogP contribution < -0.4 is 37.2 Å². The van der Waals surface area contributed by atoms with Crippen LogP contribution in [0.3, 0.4) is 0 Å². The highest BCUT2D eigenvalue weighted by Gasteiger charge is 2.76. The third kappa shape index (κ3) is 29.8. The number of amides is 7. The van der Waals surface area contributed by atoms with Crippen LogP contribution in [0.25, 0.3) is 0 Å². The molecule has 6 rings (SSSR count). The number of hydrogen-bond donors (Lipinski definition) is 8. The lowest BCUT2D eigenvalue weighted by molar-refractivity contribution is -0.203. The average Bonchev–Trinajstić information content (AvgIpc) is 1.44. The molecule has 0 bridgehead atoms. The van der Waals surface area contributed by atoms with Gasteiger partial charge in [0.25, 0.3) is 0 Å². The van der Waals surface area contributed by atoms with Gasteiger partial charge in [-0.25, -0.2) is 0 Å². The SMILES string of the molecule is CCCC(CC)(SCC(=O)N[C@@H](CCCCNC(=O)CCOCCOCCOCCOCCOCCOCCOCCOCCOCCOCCOCCOC)C(=O)N[C@@H](C)C(=O)N[C@@H](C)C(=O)N[C@@H](C)C(=O)NCC(=O)NCOCC(=O)[C@@]1(OC(=O)CC)[C@@H](C)CC2[C@@H]3CCC4=CC(=O)C=C[C@]4(C)[C@@]3(Cl)[C@@H](O)C[C@@]21C)C1CC12CC2. The van der Waals surface area contributed by atoms with Crippen LogP contribution >= 0.6 is 23.4 Å². The Kier molecular flexibility index (Phi) is 44.1. The van der Waals surface area contributed by atoms with Crippen molar-refractivity contribution in [2.24, 2.45) is 39.9 Å². The standard InChI is InChI=1S/C82H136ClN7O25S/c1-11-21-80(13-3,66-51-79(66)23-24-79)116-55-71(96)90-65(16-14-15-25-84-69(94)20-26-103-29-30-105-33-34-107-37-38-109-41-42-111-45-46-113-48-47-112-44-43-110-40-39-108-36-35-106-32-31-104-28-27-102-10)76(101)89-60(7)75(100)88-59(6)74(99)87-58(5)73(98)85-53-70(95)86-56-114-54-68(93)82(115-72(97)12-2)57(4)49-64-63-18-17-61-50-62(91)19-22-77(61,8)81(63,83)67(92)52-78(64,82)9/h19,22,50,57-60,63-67,92H,11-18,20-21,23-49,51-56H2,1-10H3,(H,84,94)(H,85,98)(H,86,95)(H,87,99)(H,88,100)(H,89,101)(H,90,96)/t57-,58-,59-,60-,63-,64?,65-,66?,67-,77-,78-,80?,81-,82-/m0/s1. The van der Waals surface area contributed by atoms with E-state index in [1.807, 2.05) is 20.8 Å². The fourth-order valence-electron chi connectivity index (χ4n) is 16.8. The van der Waals surface area contributed by atoms with Crippen LogP contribution in [0, 0.1) is 39.9 Å². The minimum Gasteiger partial charge on any atom is -0.450 e. The molecule has 662 valence electrons. The number of hydrogen-bond acceptors (Lipinski definition) is 26. The number of ether oxygens (including phenoxy) is 14. The summed E-state index contributed by atoms with van der Waals surface area (Å²) >= 11 is 9.31. The van der Waals surface area contributed by atoms with Gasteiger partial charge in [-0.3, -0.25) is 47.9 Å². The number of thioether (sulfide) groups is 1. The van der Waals surface area contributed by atoms with Gasteiger partial charge in [-0.2, -0.15) is 0 Å². The van der Waals surface area contributed by atoms with E-state index in [2.05, 4.69) is 51.1 Å². The largest absolute Gasteiger partial charge is 0.450 e. The summed E-state index contributed by atoms with van der Waals surface area (Å²) in [6.45, 7) is 24.6. The van der Waals surface area contributed by atoms with E-state index in [0.717, 1.165) is 24.8 Å². The summed E-state index contributed by atoms with van der Waals surface area (Å²) in [6, 6.07) is -4.58. The van der Waals surface area contributed by atoms with E-state index in [9.17, 15) is 53.1 Å². The number of esters is 1. The molecule has 1 spiro atoms. The highest BCUT2D eigenvalue weighted by Crippen LogP contribution is 2.77. The maximum Gasteiger partial charge on any atom is 0.306 e. The van der Waals surface area contributed by atoms with Gasteiger partial charge in [0.2, 0.25) is 47.1 Å². The number of Topliss-reactive ketones (excluding diaryl/α,β-unsaturated/α-hetero) is 1. The van der Waals surface area contributed by atoms with Gasteiger partial charge < -0.3 is 109 Å². The number of fused-ring (bicyclic) bond motifs is 5. The number of carbonyl (C=O) groups excluding carboxylic acids is 10. The maximum absolute atomic E-state index is 14.6. The number of carbonyl (C=O) groups is 10. The average molecular weight is 1690 g/mol. The van der Waals surface area contributed by atoms with Gasteiger partial charge in [0.05, 0.1) is 175 Å². The van der Waals surface area contributed by atoms with Crippen LogP contribution in [0.4, 0.5) is 0 Å². The molecule has 0 aromatic heterocycles. The van der Waals surface area contributed by atoms with Gasteiger partial charge in [-0.15, -0.1) is 23.4 Å². The lowest BCUT2D eigenvalue weighted by atomic mass is 9.45. The van der Waals surface area contributed by atoms with Crippen LogP contribution in [0.5, 0.6) is 0 Å². The summed E-state index contributed by atoms with van der Waals surface area (Å²) in [5.74, 6) is -5.71. The summed E-state index contributed by atoms with van der Waals surface area (Å²) in [5.41, 5.74) is -2.36. The van der Waals surface area contributed by atoms with E-state index in [4.69, 9.17) is 77.9 Å². The number of aliphatic hydroxyl groups is 1. The first kappa shape index (κ1) is 99.5. The second kappa shape index (κ2) is 51.4. The van der Waals surface area contributed by atoms with Crippen LogP contribution in [-0.2, 0) is 114 Å². The Hall–Kier alpha value is -5.34. The third-order valence-electron chi connectivity index (χ3n) is 23.4. The Labute approximate surface area is 694 Å². The number of halogens is 1. The van der Waals surface area contributed by atoms with E-state index in [1.54, 1.807) is 37.9 Å². The molecule has 0 radical (unpaired) electrons. The minimum atomic E-state index is -1.72. The Morgan fingerprint density at radius 2 is 1.10 bits per heavy atom. The summed E-state index contributed by atoms with van der Waals surface area (Å²) in [7, 11) is 1.63. The Bertz CT molecular complexity index is 3160. The zero-order chi connectivity index (χ0) is 84.6. The molecule has 0 heterocycles. The molecule has 0 saturated heterocycles. The number of nitrogens with one attached hydrogen (secondary N) is 7. The monoisotopic (exact) mass is 1690 g/mol. The molecule has 8 N–H and O–H groups in total. The van der Waals surface area contributed by atoms with Crippen molar-refractivity contribution >= 4 is 82.2 Å². The fourth-order valence-corrected chi connectivity index (χ4v) is 18.9. The second-order valence-corrected chi connectivity index (χ2v) is 33.4. The molecule has 3 unspecified atom stereocenters. The van der Waals surface area contributed by atoms with E-state index in [0.29, 0.717) is 195 Å². The summed E-state index contributed by atoms with van der Waals surface area (Å²) in [6.07, 6.45) is 13.0. The van der Waals surface area contributed by atoms with E-state index >= 15 is 0 Å². The molecule has 116 heavy (non-hydrogen) atoms. The summed E-state index contributed by atoms with van der Waals surface area (Å²) in [4.78, 5) is 133. The quantitative estimate of drug-likeness (QED) is 0.0182. The molecule has 0 aliphatic heterocycles. The van der Waals surface area contributed by atoms with E-state index in [-0.39, 0.29) is 72.2 Å². The van der Waals surface area contributed by atoms with Crippen LogP contribution in [0.1, 0.15) is 159 Å². The molecule has 6 aliphatic rings. The molecule has 5 fully saturated rings. The van der Waals surface area contributed by atoms with Gasteiger partial charge in [-0.1, -0.05) is 59.6 Å². The van der Waals surface area contributed by atoms with Crippen LogP contribution in [0.2, 0.25) is 0 Å². The number of unbranched alkanes of at least 4 members (excludes halogenated alkanes) is 1. The lowest BCUT2D eigenvalue weighted by Gasteiger charge is -2.64. The number of alkyl halides is 1. The molecule has 7 amide bonds. The summed E-state index contributed by atoms with van der Waals surface area (Å²) in [5, 5.41) is 30.7. The molecule has 32 nitrogen and oxygen atoms in total. The normalized spacial score (nSPS) is 24.9. The first-order valence-corrected chi connectivity index (χ1v) is 43.2. The number of methoxy groups -OCH3 is 1. The summed E-state index contributed by atoms with van der Waals surface area (Å²) < 4.78 is 77.4. The predicted molar refractivity (Wildman–Crippen MR) is 431 cm³/mol. The molecule has 34 heteroatoms. The smallest absolute Gasteiger partial charge is 0.306 e. The maximum atomic E-state index is 14.6. The van der Waals surface area contributed by atoms with Gasteiger partial charge in [0.1, 0.15) is 37.5 Å². The zero-order valence-corrected chi connectivity index (χ0v) is 71.9. The first-order chi connectivity index (χ1) is 55.7. The third-order valence-corrected chi connectivity index (χ3v) is 26.1. The van der Waals surface area contributed by atoms with Crippen molar-refractivity contribution in [2.45, 2.75) is 204 Å². The van der Waals surface area contributed by atoms with Crippen molar-refractivity contribution in [1.82, 2.24) is 37.2 Å². The van der Waals surface area contributed by atoms with Crippen LogP contribution in [0.15, 0.2) is 23.8 Å². The van der Waals surface area contributed by atoms with Crippen LogP contribution in [-0.4, -0.2) is 301 Å². The van der Waals surface area contributed by atoms with Crippen molar-refractivity contribution in [3.63, 3.8) is 0 Å². The number of allylic oxidation sites excluding steroid dienone is 4. The van der Waals surface area contributed by atoms with Crippen molar-refractivity contribution in [1.29, 1.82) is 0 Å². The molecular formula is C82H136ClN7O25S. The number of aliphatic hydroxyl groups excluding tert-OH is 1. The Balaban J connectivity index is 0.806. The van der Waals surface area contributed by atoms with E-state index < -0.39 is 119 Å². The van der Waals surface area contributed by atoms with Gasteiger partial charge in [-0.05, 0) is 133 Å². The Morgan fingerprint density at radius 3 is 1.59 bits per heavy atom. The minimum absolute atomic E-state index is 0.0165. The highest BCUT2D eigenvalue weighted by atomic mass is 35.5. The predicted octanol–water partition coefficient (Wildman–Crippen LogP) is 4.33. The zero-order valence-electron chi connectivity index (χ0n) is 70.4. The molecule has 0 aromatic carbocycles. The second-order valence-electron chi connectivity index (χ2n) is 31.4. The topological polar surface area (TPSA) is 404 Å². The molecule has 5 saturated carbocycles. The first-order valence-electron chi connectivity index (χ1n) is 41.8. The van der Waals surface area contributed by atoms with Crippen molar-refractivity contribution in [2.75, 3.05) is 191 Å². The number of ketones is 2. The van der Waals surface area contributed by atoms with Gasteiger partial charge in [0, 0.05) is 48.0 Å². The molecular weight excluding hydrogens is 1550 g/mol. The lowest BCUT2D eigenvalue weighted by Crippen LogP contribution is -2.69. The van der Waals surface area contributed by atoms with Crippen molar-refractivity contribution in [3.05, 3.63) is 23.8 Å². The van der Waals surface area contributed by atoms with Crippen molar-refractivity contribution in [3.8, 4) is 0 Å². The van der Waals surface area contributed by atoms with Crippen molar-refractivity contribution < 1.29 is 119 Å². The highest BCUT2D eigenvalue weighted by molar-refractivity contribution is 8.01.